The molecule has 1 saturated heterocycles. The third-order valence-electron chi connectivity index (χ3n) is 1.66. The molecule has 3 N–H and O–H groups in total. The van der Waals surface area contributed by atoms with Gasteiger partial charge in [0.1, 0.15) is 0 Å². The molecule has 10 heavy (non-hydrogen) atoms. The van der Waals surface area contributed by atoms with Gasteiger partial charge in [-0.1, -0.05) is 0 Å². The van der Waals surface area contributed by atoms with Gasteiger partial charge in [0.25, 0.3) is 0 Å². The minimum Gasteiger partial charge on any atom is -0.369 e. The van der Waals surface area contributed by atoms with Crippen LogP contribution in [0.25, 0.3) is 0 Å². The van der Waals surface area contributed by atoms with E-state index in [1.54, 1.807) is 0 Å². The minimum absolute atomic E-state index is 0.479. The Bertz CT molecular complexity index is 137. The summed E-state index contributed by atoms with van der Waals surface area (Å²) < 4.78 is 4.81. The van der Waals surface area contributed by atoms with E-state index in [1.165, 1.54) is 0 Å². The Morgan fingerprint density at radius 3 is 2.80 bits per heavy atom. The van der Waals surface area contributed by atoms with E-state index < -0.39 is 18.1 Å². The van der Waals surface area contributed by atoms with Crippen molar-refractivity contribution in [3.63, 3.8) is 0 Å². The minimum atomic E-state index is -0.980. The topological polar surface area (TPSA) is 72.6 Å². The molecular weight excluding hydrogens is 134 g/mol. The molecule has 58 valence electrons. The number of hydrogen-bond acceptors (Lipinski definition) is 3. The van der Waals surface area contributed by atoms with E-state index in [1.807, 2.05) is 0 Å². The molecule has 0 aromatic rings. The Morgan fingerprint density at radius 1 is 1.70 bits per heavy atom. The molecule has 1 rings (SSSR count). The van der Waals surface area contributed by atoms with Crippen LogP contribution in [0, 0.1) is 5.92 Å². The van der Waals surface area contributed by atoms with Crippen molar-refractivity contribution in [2.75, 3.05) is 6.61 Å². The highest BCUT2D eigenvalue weighted by molar-refractivity contribution is 5.77. The maximum Gasteiger partial charge on any atom is 0.225 e. The summed E-state index contributed by atoms with van der Waals surface area (Å²) in [5.74, 6) is -0.985. The lowest BCUT2D eigenvalue weighted by Crippen LogP contribution is -2.38. The smallest absolute Gasteiger partial charge is 0.225 e. The van der Waals surface area contributed by atoms with Crippen molar-refractivity contribution in [1.82, 2.24) is 0 Å². The molecule has 4 heteroatoms. The monoisotopic (exact) mass is 145 g/mol. The molecule has 1 aliphatic heterocycles. The quantitative estimate of drug-likeness (QED) is 0.508. The zero-order valence-corrected chi connectivity index (χ0v) is 5.62. The number of nitrogens with two attached hydrogens (primary N) is 1. The number of carbonyl (C=O) groups is 1. The van der Waals surface area contributed by atoms with E-state index >= 15 is 0 Å². The largest absolute Gasteiger partial charge is 0.369 e. The van der Waals surface area contributed by atoms with E-state index in [2.05, 4.69) is 0 Å². The highest BCUT2D eigenvalue weighted by Crippen LogP contribution is 2.17. The van der Waals surface area contributed by atoms with Crippen molar-refractivity contribution in [2.45, 2.75) is 19.1 Å². The van der Waals surface area contributed by atoms with E-state index in [0.717, 1.165) is 6.42 Å². The number of aliphatic hydroxyl groups excluding tert-OH is 1. The van der Waals surface area contributed by atoms with Crippen LogP contribution in [-0.2, 0) is 9.53 Å². The Balaban J connectivity index is 2.47. The van der Waals surface area contributed by atoms with Crippen LogP contribution in [0.5, 0.6) is 0 Å². The van der Waals surface area contributed by atoms with Gasteiger partial charge in [0, 0.05) is 6.61 Å². The van der Waals surface area contributed by atoms with Crippen LogP contribution in [0.4, 0.5) is 0 Å². The lowest BCUT2D eigenvalue weighted by atomic mass is 10.0. The average molecular weight is 145 g/mol. The van der Waals surface area contributed by atoms with Gasteiger partial charge in [-0.2, -0.15) is 0 Å². The standard InChI is InChI=1S/C6H11NO3/c7-5(8)4-2-1-3-10-6(4)9/h4,6,9H,1-3H2,(H2,7,8). The zero-order valence-electron chi connectivity index (χ0n) is 5.62. The second-order valence-corrected chi connectivity index (χ2v) is 2.41. The first kappa shape index (κ1) is 7.50. The lowest BCUT2D eigenvalue weighted by molar-refractivity contribution is -0.169. The van der Waals surface area contributed by atoms with Crippen molar-refractivity contribution >= 4 is 5.91 Å². The highest BCUT2D eigenvalue weighted by Gasteiger charge is 2.28. The molecule has 0 saturated carbocycles. The third kappa shape index (κ3) is 1.46. The Morgan fingerprint density at radius 2 is 2.40 bits per heavy atom. The van der Waals surface area contributed by atoms with E-state index in [9.17, 15) is 4.79 Å². The molecule has 1 amide bonds. The van der Waals surface area contributed by atoms with E-state index in [-0.39, 0.29) is 0 Å². The number of aliphatic hydroxyl groups is 1. The first-order valence-corrected chi connectivity index (χ1v) is 3.31. The van der Waals surface area contributed by atoms with Gasteiger partial charge in [0.2, 0.25) is 5.91 Å². The molecule has 2 unspecified atom stereocenters. The van der Waals surface area contributed by atoms with E-state index in [4.69, 9.17) is 15.6 Å². The maximum absolute atomic E-state index is 10.5. The van der Waals surface area contributed by atoms with Crippen LogP contribution in [0.3, 0.4) is 0 Å². The molecule has 0 aliphatic carbocycles. The summed E-state index contributed by atoms with van der Waals surface area (Å²) in [5, 5.41) is 9.02. The van der Waals surface area contributed by atoms with Gasteiger partial charge in [0.05, 0.1) is 5.92 Å². The number of ether oxygens (including phenoxy) is 1. The van der Waals surface area contributed by atoms with Gasteiger partial charge in [0.15, 0.2) is 6.29 Å². The summed E-state index contributed by atoms with van der Waals surface area (Å²) in [7, 11) is 0. The molecule has 0 aromatic heterocycles. The van der Waals surface area contributed by atoms with Gasteiger partial charge in [-0.3, -0.25) is 4.79 Å². The number of primary amides is 1. The summed E-state index contributed by atoms with van der Waals surface area (Å²) >= 11 is 0. The first-order valence-electron chi connectivity index (χ1n) is 3.31. The first-order chi connectivity index (χ1) is 4.72. The van der Waals surface area contributed by atoms with Crippen molar-refractivity contribution < 1.29 is 14.6 Å². The maximum atomic E-state index is 10.5. The Labute approximate surface area is 59.0 Å². The van der Waals surface area contributed by atoms with Crippen LogP contribution in [0.1, 0.15) is 12.8 Å². The fraction of sp³-hybridized carbons (Fsp3) is 0.833. The summed E-state index contributed by atoms with van der Waals surface area (Å²) in [6.45, 7) is 0.519. The predicted octanol–water partition coefficient (Wildman–Crippen LogP) is -0.783. The average Bonchev–Trinajstić information content (AvgIpc) is 1.88. The van der Waals surface area contributed by atoms with Gasteiger partial charge in [-0.15, -0.1) is 0 Å². The van der Waals surface area contributed by atoms with Gasteiger partial charge < -0.3 is 15.6 Å². The van der Waals surface area contributed by atoms with Gasteiger partial charge >= 0.3 is 0 Å². The van der Waals surface area contributed by atoms with Crippen molar-refractivity contribution in [2.24, 2.45) is 11.7 Å². The van der Waals surface area contributed by atoms with Crippen molar-refractivity contribution in [3.05, 3.63) is 0 Å². The summed E-state index contributed by atoms with van der Waals surface area (Å²) in [6.07, 6.45) is 0.451. The van der Waals surface area contributed by atoms with Crippen LogP contribution in [0.15, 0.2) is 0 Å². The molecule has 0 spiro atoms. The number of carbonyl (C=O) groups excluding carboxylic acids is 1. The van der Waals surface area contributed by atoms with Crippen LogP contribution < -0.4 is 5.73 Å². The predicted molar refractivity (Wildman–Crippen MR) is 33.9 cm³/mol. The fourth-order valence-corrected chi connectivity index (χ4v) is 1.05. The normalized spacial score (nSPS) is 33.7. The third-order valence-corrected chi connectivity index (χ3v) is 1.66. The van der Waals surface area contributed by atoms with Gasteiger partial charge in [-0.25, -0.2) is 0 Å². The summed E-state index contributed by atoms with van der Waals surface area (Å²) in [5.41, 5.74) is 4.98. The van der Waals surface area contributed by atoms with E-state index in [0.29, 0.717) is 13.0 Å². The molecule has 0 radical (unpaired) electrons. The second kappa shape index (κ2) is 2.98. The van der Waals surface area contributed by atoms with Crippen LogP contribution in [-0.4, -0.2) is 23.9 Å². The summed E-state index contributed by atoms with van der Waals surface area (Å²) in [6, 6.07) is 0. The molecule has 0 bridgehead atoms. The number of amides is 1. The number of hydrogen-bond donors (Lipinski definition) is 2. The molecule has 4 nitrogen and oxygen atoms in total. The molecule has 2 atom stereocenters. The van der Waals surface area contributed by atoms with Crippen molar-refractivity contribution in [3.8, 4) is 0 Å². The number of rotatable bonds is 1. The molecule has 1 aliphatic rings. The fourth-order valence-electron chi connectivity index (χ4n) is 1.05. The Kier molecular flexibility index (Phi) is 2.24. The van der Waals surface area contributed by atoms with Crippen LogP contribution in [0.2, 0.25) is 0 Å². The van der Waals surface area contributed by atoms with Gasteiger partial charge in [-0.05, 0) is 12.8 Å². The SMILES string of the molecule is NC(=O)C1CCCOC1O. The zero-order chi connectivity index (χ0) is 7.56. The second-order valence-electron chi connectivity index (χ2n) is 2.41. The molecule has 1 heterocycles. The Hall–Kier alpha value is -0.610. The molecule has 0 aromatic carbocycles. The highest BCUT2D eigenvalue weighted by atomic mass is 16.6. The summed E-state index contributed by atoms with van der Waals surface area (Å²) in [4.78, 5) is 10.5. The lowest BCUT2D eigenvalue weighted by Gasteiger charge is -2.24. The molecule has 1 fully saturated rings. The molecular formula is C6H11NO3. The van der Waals surface area contributed by atoms with Crippen LogP contribution >= 0.6 is 0 Å². The van der Waals surface area contributed by atoms with Crippen molar-refractivity contribution in [1.29, 1.82) is 0 Å².